The van der Waals surface area contributed by atoms with E-state index in [1.54, 1.807) is 17.6 Å². The van der Waals surface area contributed by atoms with Crippen LogP contribution in [0.15, 0.2) is 83.7 Å². The van der Waals surface area contributed by atoms with Crippen molar-refractivity contribution in [2.45, 2.75) is 6.54 Å². The van der Waals surface area contributed by atoms with Crippen molar-refractivity contribution in [1.82, 2.24) is 14.0 Å². The first kappa shape index (κ1) is 18.1. The van der Waals surface area contributed by atoms with Crippen LogP contribution in [0.1, 0.15) is 5.56 Å². The maximum Gasteiger partial charge on any atom is 0.260 e. The van der Waals surface area contributed by atoms with Crippen LogP contribution in [0, 0.1) is 5.82 Å². The number of nitrogens with zero attached hydrogens (tertiary/aromatic N) is 3. The third-order valence-corrected chi connectivity index (χ3v) is 5.17. The molecule has 0 spiro atoms. The summed E-state index contributed by atoms with van der Waals surface area (Å²) in [5, 5.41) is 0. The third-order valence-electron chi connectivity index (χ3n) is 5.17. The minimum atomic E-state index is -0.294. The summed E-state index contributed by atoms with van der Waals surface area (Å²) in [5.41, 5.74) is 3.65. The van der Waals surface area contributed by atoms with Crippen LogP contribution >= 0.6 is 0 Å². The van der Waals surface area contributed by atoms with E-state index in [2.05, 4.69) is 0 Å². The molecule has 2 heterocycles. The second-order valence-corrected chi connectivity index (χ2v) is 7.05. The lowest BCUT2D eigenvalue weighted by molar-refractivity contribution is 0.415. The largest absolute Gasteiger partial charge is 0.497 e. The van der Waals surface area contributed by atoms with Crippen molar-refractivity contribution in [1.29, 1.82) is 0 Å². The monoisotopic (exact) mass is 399 g/mol. The fourth-order valence-electron chi connectivity index (χ4n) is 3.75. The standard InChI is InChI=1S/C24H18FN3O2/c1-30-19-11-9-17(10-12-19)20-14-23(29)28-22-8-3-2-7-21(22)27(24(28)26-20)15-16-5-4-6-18(25)13-16/h2-14H,15H2,1H3. The van der Waals surface area contributed by atoms with Crippen molar-refractivity contribution < 1.29 is 9.13 Å². The Morgan fingerprint density at radius 1 is 0.933 bits per heavy atom. The number of aromatic nitrogens is 3. The zero-order valence-electron chi connectivity index (χ0n) is 16.2. The first-order valence-electron chi connectivity index (χ1n) is 9.54. The molecule has 0 fully saturated rings. The van der Waals surface area contributed by atoms with Crippen molar-refractivity contribution in [2.75, 3.05) is 7.11 Å². The van der Waals surface area contributed by atoms with Crippen LogP contribution in [-0.2, 0) is 6.54 Å². The molecule has 0 atom stereocenters. The molecule has 0 unspecified atom stereocenters. The molecule has 6 heteroatoms. The lowest BCUT2D eigenvalue weighted by Gasteiger charge is -2.08. The number of imidazole rings is 1. The van der Waals surface area contributed by atoms with E-state index in [1.807, 2.05) is 59.2 Å². The highest BCUT2D eigenvalue weighted by Crippen LogP contribution is 2.24. The first-order chi connectivity index (χ1) is 14.6. The molecule has 0 radical (unpaired) electrons. The Kier molecular flexibility index (Phi) is 4.32. The molecule has 3 aromatic carbocycles. The summed E-state index contributed by atoms with van der Waals surface area (Å²) in [6.45, 7) is 0.396. The number of para-hydroxylation sites is 2. The number of halogens is 1. The van der Waals surface area contributed by atoms with Crippen molar-refractivity contribution in [3.63, 3.8) is 0 Å². The summed E-state index contributed by atoms with van der Waals surface area (Å²) in [5.74, 6) is 0.952. The molecule has 30 heavy (non-hydrogen) atoms. The predicted molar refractivity (Wildman–Crippen MR) is 114 cm³/mol. The minimum Gasteiger partial charge on any atom is -0.497 e. The van der Waals surface area contributed by atoms with Gasteiger partial charge in [-0.15, -0.1) is 0 Å². The zero-order valence-corrected chi connectivity index (χ0v) is 16.2. The fourth-order valence-corrected chi connectivity index (χ4v) is 3.75. The average Bonchev–Trinajstić information content (AvgIpc) is 3.08. The lowest BCUT2D eigenvalue weighted by Crippen LogP contribution is -2.14. The molecule has 0 N–H and O–H groups in total. The Bertz CT molecular complexity index is 1440. The molecule has 0 saturated carbocycles. The van der Waals surface area contributed by atoms with E-state index in [9.17, 15) is 9.18 Å². The molecule has 5 rings (SSSR count). The van der Waals surface area contributed by atoms with E-state index in [0.29, 0.717) is 18.0 Å². The molecule has 5 aromatic rings. The number of hydrogen-bond donors (Lipinski definition) is 0. The van der Waals surface area contributed by atoms with E-state index >= 15 is 0 Å². The summed E-state index contributed by atoms with van der Waals surface area (Å²) in [6, 6.07) is 23.0. The lowest BCUT2D eigenvalue weighted by atomic mass is 10.1. The molecule has 0 amide bonds. The zero-order chi connectivity index (χ0) is 20.7. The van der Waals surface area contributed by atoms with Gasteiger partial charge in [0.1, 0.15) is 11.6 Å². The fraction of sp³-hybridized carbons (Fsp3) is 0.0833. The number of rotatable bonds is 4. The number of ether oxygens (including phenoxy) is 1. The Labute approximate surface area is 171 Å². The van der Waals surface area contributed by atoms with Crippen LogP contribution in [0.25, 0.3) is 28.1 Å². The quantitative estimate of drug-likeness (QED) is 0.447. The maximum atomic E-state index is 13.7. The highest BCUT2D eigenvalue weighted by molar-refractivity contribution is 5.81. The van der Waals surface area contributed by atoms with Crippen LogP contribution in [0.3, 0.4) is 0 Å². The van der Waals surface area contributed by atoms with Gasteiger partial charge in [0.2, 0.25) is 5.78 Å². The van der Waals surface area contributed by atoms with Crippen LogP contribution < -0.4 is 10.3 Å². The summed E-state index contributed by atoms with van der Waals surface area (Å²) in [6.07, 6.45) is 0. The summed E-state index contributed by atoms with van der Waals surface area (Å²) in [7, 11) is 1.61. The Hall–Kier alpha value is -3.93. The molecule has 0 aliphatic heterocycles. The van der Waals surface area contributed by atoms with Crippen LogP contribution in [0.4, 0.5) is 4.39 Å². The van der Waals surface area contributed by atoms with Gasteiger partial charge < -0.3 is 9.30 Å². The molecule has 0 aliphatic carbocycles. The Morgan fingerprint density at radius 3 is 2.43 bits per heavy atom. The van der Waals surface area contributed by atoms with Gasteiger partial charge in [0.15, 0.2) is 0 Å². The van der Waals surface area contributed by atoms with Gasteiger partial charge in [0.25, 0.3) is 5.56 Å². The second kappa shape index (κ2) is 7.15. The van der Waals surface area contributed by atoms with Crippen molar-refractivity contribution >= 4 is 16.8 Å². The molecule has 0 bridgehead atoms. The Morgan fingerprint density at radius 2 is 1.70 bits per heavy atom. The molecular weight excluding hydrogens is 381 g/mol. The van der Waals surface area contributed by atoms with Gasteiger partial charge in [-0.3, -0.25) is 4.79 Å². The molecule has 0 saturated heterocycles. The highest BCUT2D eigenvalue weighted by atomic mass is 19.1. The summed E-state index contributed by atoms with van der Waals surface area (Å²) in [4.78, 5) is 17.9. The molecule has 2 aromatic heterocycles. The Balaban J connectivity index is 1.75. The van der Waals surface area contributed by atoms with E-state index in [0.717, 1.165) is 27.9 Å². The van der Waals surface area contributed by atoms with Crippen LogP contribution in [0.2, 0.25) is 0 Å². The van der Waals surface area contributed by atoms with E-state index in [4.69, 9.17) is 9.72 Å². The van der Waals surface area contributed by atoms with Crippen molar-refractivity contribution in [2.24, 2.45) is 0 Å². The van der Waals surface area contributed by atoms with E-state index < -0.39 is 0 Å². The molecule has 0 aliphatic rings. The van der Waals surface area contributed by atoms with Gasteiger partial charge in [-0.2, -0.15) is 0 Å². The molecular formula is C24H18FN3O2. The van der Waals surface area contributed by atoms with Crippen molar-refractivity contribution in [3.05, 3.63) is 101 Å². The van der Waals surface area contributed by atoms with Gasteiger partial charge in [-0.05, 0) is 54.1 Å². The predicted octanol–water partition coefficient (Wildman–Crippen LogP) is 4.51. The van der Waals surface area contributed by atoms with E-state index in [1.165, 1.54) is 18.2 Å². The number of benzene rings is 3. The smallest absolute Gasteiger partial charge is 0.260 e. The van der Waals surface area contributed by atoms with Crippen LogP contribution in [-0.4, -0.2) is 21.1 Å². The normalized spacial score (nSPS) is 11.3. The highest BCUT2D eigenvalue weighted by Gasteiger charge is 2.15. The summed E-state index contributed by atoms with van der Waals surface area (Å²) < 4.78 is 22.5. The summed E-state index contributed by atoms with van der Waals surface area (Å²) >= 11 is 0. The first-order valence-corrected chi connectivity index (χ1v) is 9.54. The second-order valence-electron chi connectivity index (χ2n) is 7.05. The van der Waals surface area contributed by atoms with Crippen LogP contribution in [0.5, 0.6) is 5.75 Å². The van der Waals surface area contributed by atoms with Gasteiger partial charge in [-0.1, -0.05) is 24.3 Å². The number of methoxy groups -OCH3 is 1. The number of hydrogen-bond acceptors (Lipinski definition) is 3. The number of fused-ring (bicyclic) bond motifs is 3. The SMILES string of the molecule is COc1ccc(-c2cc(=O)n3c4ccccc4n(Cc4cccc(F)c4)c3n2)cc1. The maximum absolute atomic E-state index is 13.7. The van der Waals surface area contributed by atoms with Crippen molar-refractivity contribution in [3.8, 4) is 17.0 Å². The van der Waals surface area contributed by atoms with Gasteiger partial charge >= 0.3 is 0 Å². The van der Waals surface area contributed by atoms with Gasteiger partial charge in [0.05, 0.1) is 30.4 Å². The minimum absolute atomic E-state index is 0.167. The van der Waals surface area contributed by atoms with Gasteiger partial charge in [0, 0.05) is 11.6 Å². The van der Waals surface area contributed by atoms with Gasteiger partial charge in [-0.25, -0.2) is 13.8 Å². The molecule has 5 nitrogen and oxygen atoms in total. The topological polar surface area (TPSA) is 48.5 Å². The third kappa shape index (κ3) is 3.03. The average molecular weight is 399 g/mol. The molecule has 148 valence electrons. The van der Waals surface area contributed by atoms with E-state index in [-0.39, 0.29) is 11.4 Å².